The summed E-state index contributed by atoms with van der Waals surface area (Å²) in [6.45, 7) is 0. The van der Waals surface area contributed by atoms with Gasteiger partial charge in [-0.05, 0) is 59.9 Å². The van der Waals surface area contributed by atoms with Gasteiger partial charge < -0.3 is 0 Å². The Morgan fingerprint density at radius 2 is 2.06 bits per heavy atom. The Labute approximate surface area is 109 Å². The SMILES string of the molecule is CSc1c2c(c3ccsc3c1C#N)CCCC2. The molecule has 1 aromatic carbocycles. The van der Waals surface area contributed by atoms with Crippen LogP contribution in [0, 0.1) is 11.3 Å². The lowest BCUT2D eigenvalue weighted by atomic mass is 9.88. The summed E-state index contributed by atoms with van der Waals surface area (Å²) in [5, 5.41) is 12.9. The van der Waals surface area contributed by atoms with E-state index < -0.39 is 0 Å². The van der Waals surface area contributed by atoms with Crippen LogP contribution in [0.3, 0.4) is 0 Å². The summed E-state index contributed by atoms with van der Waals surface area (Å²) in [6.07, 6.45) is 6.97. The van der Waals surface area contributed by atoms with Gasteiger partial charge in [-0.3, -0.25) is 0 Å². The number of hydrogen-bond acceptors (Lipinski definition) is 3. The van der Waals surface area contributed by atoms with Crippen molar-refractivity contribution in [1.82, 2.24) is 0 Å². The molecule has 3 heteroatoms. The zero-order valence-electron chi connectivity index (χ0n) is 9.75. The number of nitriles is 1. The van der Waals surface area contributed by atoms with Crippen LogP contribution in [0.4, 0.5) is 0 Å². The monoisotopic (exact) mass is 259 g/mol. The first-order chi connectivity index (χ1) is 8.36. The minimum absolute atomic E-state index is 0.906. The van der Waals surface area contributed by atoms with Crippen molar-refractivity contribution in [2.45, 2.75) is 30.6 Å². The van der Waals surface area contributed by atoms with Crippen LogP contribution in [-0.4, -0.2) is 6.26 Å². The number of rotatable bonds is 1. The van der Waals surface area contributed by atoms with Crippen molar-refractivity contribution in [2.75, 3.05) is 6.26 Å². The molecule has 1 aliphatic rings. The molecule has 1 nitrogen and oxygen atoms in total. The Bertz CT molecular complexity index is 619. The maximum absolute atomic E-state index is 9.41. The molecule has 0 unspecified atom stereocenters. The fourth-order valence-corrected chi connectivity index (χ4v) is 4.59. The Balaban J connectivity index is 2.45. The average Bonchev–Trinajstić information content (AvgIpc) is 2.86. The van der Waals surface area contributed by atoms with Gasteiger partial charge in [-0.15, -0.1) is 23.1 Å². The van der Waals surface area contributed by atoms with Crippen molar-refractivity contribution < 1.29 is 0 Å². The first-order valence-electron chi connectivity index (χ1n) is 5.85. The molecule has 0 amide bonds. The molecule has 0 N–H and O–H groups in total. The number of aryl methyl sites for hydroxylation is 1. The highest BCUT2D eigenvalue weighted by molar-refractivity contribution is 7.98. The summed E-state index contributed by atoms with van der Waals surface area (Å²) in [4.78, 5) is 1.23. The molecule has 0 radical (unpaired) electrons. The molecule has 0 saturated carbocycles. The topological polar surface area (TPSA) is 23.8 Å². The Hall–Kier alpha value is -0.980. The largest absolute Gasteiger partial charge is 0.192 e. The van der Waals surface area contributed by atoms with Gasteiger partial charge >= 0.3 is 0 Å². The third-order valence-electron chi connectivity index (χ3n) is 3.50. The fraction of sp³-hybridized carbons (Fsp3) is 0.357. The number of thioether (sulfide) groups is 1. The summed E-state index contributed by atoms with van der Waals surface area (Å²) in [6, 6.07) is 4.60. The highest BCUT2D eigenvalue weighted by Crippen LogP contribution is 2.41. The molecule has 0 fully saturated rings. The third-order valence-corrected chi connectivity index (χ3v) is 5.29. The van der Waals surface area contributed by atoms with E-state index in [0.29, 0.717) is 0 Å². The van der Waals surface area contributed by atoms with Crippen molar-refractivity contribution in [2.24, 2.45) is 0 Å². The number of nitrogens with zero attached hydrogens (tertiary/aromatic N) is 1. The lowest BCUT2D eigenvalue weighted by Gasteiger charge is -2.21. The number of fused-ring (bicyclic) bond motifs is 3. The maximum atomic E-state index is 9.41. The molecule has 3 rings (SSSR count). The summed E-state index contributed by atoms with van der Waals surface area (Å²) in [5.74, 6) is 0. The zero-order valence-corrected chi connectivity index (χ0v) is 11.4. The van der Waals surface area contributed by atoms with Crippen LogP contribution in [0.1, 0.15) is 29.5 Å². The smallest absolute Gasteiger partial charge is 0.102 e. The van der Waals surface area contributed by atoms with Gasteiger partial charge in [0.25, 0.3) is 0 Å². The number of hydrogen-bond donors (Lipinski definition) is 0. The zero-order chi connectivity index (χ0) is 11.8. The first kappa shape index (κ1) is 11.1. The molecule has 17 heavy (non-hydrogen) atoms. The van der Waals surface area contributed by atoms with Crippen LogP contribution in [0.15, 0.2) is 16.3 Å². The van der Waals surface area contributed by atoms with Gasteiger partial charge in [-0.1, -0.05) is 0 Å². The second-order valence-corrected chi connectivity index (χ2v) is 6.08. The lowest BCUT2D eigenvalue weighted by molar-refractivity contribution is 0.680. The highest BCUT2D eigenvalue weighted by atomic mass is 32.2. The van der Waals surface area contributed by atoms with E-state index >= 15 is 0 Å². The van der Waals surface area contributed by atoms with Crippen LogP contribution in [0.2, 0.25) is 0 Å². The molecule has 86 valence electrons. The summed E-state index contributed by atoms with van der Waals surface area (Å²) >= 11 is 3.44. The van der Waals surface area contributed by atoms with E-state index in [9.17, 15) is 5.26 Å². The first-order valence-corrected chi connectivity index (χ1v) is 7.96. The number of thiophene rings is 1. The highest BCUT2D eigenvalue weighted by Gasteiger charge is 2.21. The fourth-order valence-electron chi connectivity index (χ4n) is 2.77. The maximum Gasteiger partial charge on any atom is 0.102 e. The van der Waals surface area contributed by atoms with Crippen LogP contribution in [0.5, 0.6) is 0 Å². The van der Waals surface area contributed by atoms with Crippen LogP contribution < -0.4 is 0 Å². The minimum atomic E-state index is 0.906. The van der Waals surface area contributed by atoms with Crippen LogP contribution >= 0.6 is 23.1 Å². The van der Waals surface area contributed by atoms with E-state index in [1.165, 1.54) is 45.4 Å². The van der Waals surface area contributed by atoms with Gasteiger partial charge in [0.15, 0.2) is 0 Å². The van der Waals surface area contributed by atoms with Gasteiger partial charge in [-0.2, -0.15) is 5.26 Å². The Morgan fingerprint density at radius 1 is 1.29 bits per heavy atom. The molecule has 2 aromatic rings. The third kappa shape index (κ3) is 1.59. The predicted octanol–water partition coefficient (Wildman–Crippen LogP) is 4.37. The lowest BCUT2D eigenvalue weighted by Crippen LogP contribution is -2.06. The van der Waals surface area contributed by atoms with Gasteiger partial charge in [0.1, 0.15) is 6.07 Å². The van der Waals surface area contributed by atoms with E-state index in [0.717, 1.165) is 12.0 Å². The molecule has 0 bridgehead atoms. The Kier molecular flexibility index (Phi) is 2.85. The van der Waals surface area contributed by atoms with Gasteiger partial charge in [0.05, 0.1) is 10.3 Å². The molecule has 0 aliphatic heterocycles. The van der Waals surface area contributed by atoms with Crippen molar-refractivity contribution >= 4 is 33.2 Å². The van der Waals surface area contributed by atoms with E-state index in [1.807, 2.05) is 0 Å². The second-order valence-electron chi connectivity index (χ2n) is 4.35. The summed E-state index contributed by atoms with van der Waals surface area (Å²) in [5.41, 5.74) is 3.87. The predicted molar refractivity (Wildman–Crippen MR) is 75.0 cm³/mol. The molecular weight excluding hydrogens is 246 g/mol. The molecule has 0 spiro atoms. The van der Waals surface area contributed by atoms with Crippen molar-refractivity contribution in [1.29, 1.82) is 5.26 Å². The number of benzene rings is 1. The van der Waals surface area contributed by atoms with Gasteiger partial charge in [0.2, 0.25) is 0 Å². The van der Waals surface area contributed by atoms with Gasteiger partial charge in [0, 0.05) is 4.90 Å². The van der Waals surface area contributed by atoms with Crippen molar-refractivity contribution in [3.63, 3.8) is 0 Å². The van der Waals surface area contributed by atoms with E-state index in [4.69, 9.17) is 0 Å². The van der Waals surface area contributed by atoms with E-state index in [-0.39, 0.29) is 0 Å². The van der Waals surface area contributed by atoms with Crippen molar-refractivity contribution in [3.8, 4) is 6.07 Å². The minimum Gasteiger partial charge on any atom is -0.192 e. The second kappa shape index (κ2) is 4.36. The molecular formula is C14H13NS2. The molecule has 0 atom stereocenters. The van der Waals surface area contributed by atoms with Crippen LogP contribution in [-0.2, 0) is 12.8 Å². The average molecular weight is 259 g/mol. The molecule has 1 aromatic heterocycles. The van der Waals surface area contributed by atoms with Gasteiger partial charge in [-0.25, -0.2) is 0 Å². The summed E-state index contributed by atoms with van der Waals surface area (Å²) in [7, 11) is 0. The van der Waals surface area contributed by atoms with Crippen LogP contribution in [0.25, 0.3) is 10.1 Å². The molecule has 1 aliphatic carbocycles. The quantitative estimate of drug-likeness (QED) is 0.710. The normalized spacial score (nSPS) is 14.6. The molecule has 0 saturated heterocycles. The summed E-state index contributed by atoms with van der Waals surface area (Å²) < 4.78 is 1.19. The van der Waals surface area contributed by atoms with E-state index in [2.05, 4.69) is 23.8 Å². The van der Waals surface area contributed by atoms with Crippen molar-refractivity contribution in [3.05, 3.63) is 28.1 Å². The Morgan fingerprint density at radius 3 is 2.76 bits per heavy atom. The van der Waals surface area contributed by atoms with E-state index in [1.54, 1.807) is 23.1 Å². The molecule has 1 heterocycles. The standard InChI is InChI=1S/C14H13NS2/c1-16-13-10-5-3-2-4-9(10)11-6-7-17-14(11)12(13)8-15/h6-7H,2-5H2,1H3.